The largest absolute Gasteiger partial charge is 0.484 e. The van der Waals surface area contributed by atoms with Crippen LogP contribution in [0.4, 0.5) is 18.9 Å². The van der Waals surface area contributed by atoms with Gasteiger partial charge in [0.15, 0.2) is 0 Å². The van der Waals surface area contributed by atoms with Crippen LogP contribution in [0.15, 0.2) is 24.3 Å². The zero-order valence-electron chi connectivity index (χ0n) is 11.9. The van der Waals surface area contributed by atoms with E-state index in [0.29, 0.717) is 5.69 Å². The van der Waals surface area contributed by atoms with Crippen molar-refractivity contribution in [2.45, 2.75) is 44.4 Å². The molecular weight excluding hydrogens is 281 g/mol. The lowest BCUT2D eigenvalue weighted by Crippen LogP contribution is -2.39. The quantitative estimate of drug-likeness (QED) is 0.863. The van der Waals surface area contributed by atoms with Gasteiger partial charge in [-0.1, -0.05) is 31.4 Å². The molecule has 1 N–H and O–H groups in total. The van der Waals surface area contributed by atoms with Crippen LogP contribution < -0.4 is 10.2 Å². The van der Waals surface area contributed by atoms with Crippen LogP contribution >= 0.6 is 0 Å². The standard InChI is InChI=1S/C15H19F3N2O/c1-20(11-7-3-2-4-8-11)13-10-6-5-9-12(13)14(21)19-15(16,17)18/h5-6,9-11H,2-4,7-8H2,1H3,(H,19,21). The topological polar surface area (TPSA) is 32.3 Å². The first-order chi connectivity index (χ1) is 9.88. The van der Waals surface area contributed by atoms with Gasteiger partial charge in [0.25, 0.3) is 5.91 Å². The van der Waals surface area contributed by atoms with E-state index in [0.717, 1.165) is 31.0 Å². The highest BCUT2D eigenvalue weighted by atomic mass is 19.4. The molecule has 0 aliphatic heterocycles. The number of para-hydroxylation sites is 1. The molecule has 116 valence electrons. The van der Waals surface area contributed by atoms with Crippen molar-refractivity contribution in [2.75, 3.05) is 11.9 Å². The van der Waals surface area contributed by atoms with Crippen LogP contribution in [-0.2, 0) is 0 Å². The normalized spacial score (nSPS) is 16.6. The summed E-state index contributed by atoms with van der Waals surface area (Å²) in [6.45, 7) is 0. The fraction of sp³-hybridized carbons (Fsp3) is 0.533. The number of alkyl halides is 3. The predicted octanol–water partition coefficient (Wildman–Crippen LogP) is 3.71. The van der Waals surface area contributed by atoms with Crippen molar-refractivity contribution in [1.82, 2.24) is 5.32 Å². The van der Waals surface area contributed by atoms with Crippen molar-refractivity contribution in [2.24, 2.45) is 0 Å². The Morgan fingerprint density at radius 1 is 1.19 bits per heavy atom. The third-order valence-corrected chi connectivity index (χ3v) is 3.91. The van der Waals surface area contributed by atoms with Gasteiger partial charge in [-0.2, -0.15) is 13.2 Å². The van der Waals surface area contributed by atoms with E-state index in [9.17, 15) is 18.0 Å². The minimum atomic E-state index is -4.71. The highest BCUT2D eigenvalue weighted by Crippen LogP contribution is 2.28. The molecule has 1 aliphatic rings. The minimum absolute atomic E-state index is 0.0582. The van der Waals surface area contributed by atoms with Gasteiger partial charge < -0.3 is 4.90 Å². The van der Waals surface area contributed by atoms with Crippen LogP contribution in [-0.4, -0.2) is 25.3 Å². The number of carbonyl (C=O) groups excluding carboxylic acids is 1. The number of nitrogens with zero attached hydrogens (tertiary/aromatic N) is 1. The van der Waals surface area contributed by atoms with E-state index >= 15 is 0 Å². The van der Waals surface area contributed by atoms with E-state index in [1.807, 2.05) is 11.9 Å². The fourth-order valence-corrected chi connectivity index (χ4v) is 2.83. The lowest BCUT2D eigenvalue weighted by atomic mass is 9.93. The van der Waals surface area contributed by atoms with Gasteiger partial charge in [0.05, 0.1) is 5.56 Å². The molecule has 0 radical (unpaired) electrons. The third kappa shape index (κ3) is 4.12. The second-order valence-corrected chi connectivity index (χ2v) is 5.37. The zero-order chi connectivity index (χ0) is 15.5. The first-order valence-electron chi connectivity index (χ1n) is 7.09. The summed E-state index contributed by atoms with van der Waals surface area (Å²) in [4.78, 5) is 13.7. The van der Waals surface area contributed by atoms with Crippen molar-refractivity contribution >= 4 is 11.6 Å². The number of halogens is 3. The van der Waals surface area contributed by atoms with Gasteiger partial charge in [-0.05, 0) is 25.0 Å². The van der Waals surface area contributed by atoms with Crippen LogP contribution in [0.25, 0.3) is 0 Å². The Morgan fingerprint density at radius 3 is 2.43 bits per heavy atom. The van der Waals surface area contributed by atoms with Gasteiger partial charge in [0, 0.05) is 18.8 Å². The van der Waals surface area contributed by atoms with E-state index in [4.69, 9.17) is 0 Å². The number of amides is 1. The van der Waals surface area contributed by atoms with Gasteiger partial charge >= 0.3 is 6.30 Å². The molecule has 1 aliphatic carbocycles. The molecule has 0 spiro atoms. The summed E-state index contributed by atoms with van der Waals surface area (Å²) in [6, 6.07) is 6.71. The summed E-state index contributed by atoms with van der Waals surface area (Å²) in [5.74, 6) is -1.11. The van der Waals surface area contributed by atoms with Gasteiger partial charge in [-0.25, -0.2) is 0 Å². The highest BCUT2D eigenvalue weighted by molar-refractivity contribution is 6.00. The summed E-state index contributed by atoms with van der Waals surface area (Å²) < 4.78 is 37.0. The Labute approximate surface area is 122 Å². The summed E-state index contributed by atoms with van der Waals surface area (Å²) in [6.07, 6.45) is 0.726. The molecule has 1 aromatic carbocycles. The van der Waals surface area contributed by atoms with E-state index < -0.39 is 12.2 Å². The van der Waals surface area contributed by atoms with Crippen molar-refractivity contribution in [3.8, 4) is 0 Å². The number of carbonyl (C=O) groups is 1. The second-order valence-electron chi connectivity index (χ2n) is 5.37. The Balaban J connectivity index is 2.21. The molecule has 3 nitrogen and oxygen atoms in total. The number of anilines is 1. The summed E-state index contributed by atoms with van der Waals surface area (Å²) in [5.41, 5.74) is 0.606. The highest BCUT2D eigenvalue weighted by Gasteiger charge is 2.32. The average Bonchev–Trinajstić information content (AvgIpc) is 2.45. The lowest BCUT2D eigenvalue weighted by Gasteiger charge is -2.34. The van der Waals surface area contributed by atoms with E-state index in [1.54, 1.807) is 18.2 Å². The molecule has 1 amide bonds. The summed E-state index contributed by atoms with van der Waals surface area (Å²) in [5, 5.41) is 1.07. The predicted molar refractivity (Wildman–Crippen MR) is 75.2 cm³/mol. The first kappa shape index (κ1) is 15.7. The molecular formula is C15H19F3N2O. The Bertz CT molecular complexity index is 496. The van der Waals surface area contributed by atoms with E-state index in [1.165, 1.54) is 12.5 Å². The maximum atomic E-state index is 12.3. The SMILES string of the molecule is CN(c1ccccc1C(=O)NC(F)(F)F)C1CCCCC1. The maximum Gasteiger partial charge on any atom is 0.484 e. The molecule has 0 atom stereocenters. The van der Waals surface area contributed by atoms with Crippen molar-refractivity contribution in [3.63, 3.8) is 0 Å². The van der Waals surface area contributed by atoms with Gasteiger partial charge in [0.1, 0.15) is 0 Å². The van der Waals surface area contributed by atoms with Crippen molar-refractivity contribution in [3.05, 3.63) is 29.8 Å². The maximum absolute atomic E-state index is 12.3. The Hall–Kier alpha value is -1.72. The van der Waals surface area contributed by atoms with Gasteiger partial charge in [-0.15, -0.1) is 0 Å². The Morgan fingerprint density at radius 2 is 1.81 bits per heavy atom. The molecule has 0 bridgehead atoms. The van der Waals surface area contributed by atoms with Crippen molar-refractivity contribution in [1.29, 1.82) is 0 Å². The molecule has 0 unspecified atom stereocenters. The average molecular weight is 300 g/mol. The van der Waals surface area contributed by atoms with E-state index in [2.05, 4.69) is 0 Å². The summed E-state index contributed by atoms with van der Waals surface area (Å²) in [7, 11) is 1.84. The van der Waals surface area contributed by atoms with Gasteiger partial charge in [-0.3, -0.25) is 10.1 Å². The third-order valence-electron chi connectivity index (χ3n) is 3.91. The molecule has 0 saturated heterocycles. The summed E-state index contributed by atoms with van der Waals surface area (Å²) >= 11 is 0. The van der Waals surface area contributed by atoms with Crippen LogP contribution in [0.3, 0.4) is 0 Å². The number of nitrogens with one attached hydrogen (secondary N) is 1. The first-order valence-corrected chi connectivity index (χ1v) is 7.09. The molecule has 0 aromatic heterocycles. The second kappa shape index (κ2) is 6.37. The zero-order valence-corrected chi connectivity index (χ0v) is 11.9. The molecule has 1 saturated carbocycles. The molecule has 6 heteroatoms. The number of hydrogen-bond acceptors (Lipinski definition) is 2. The fourth-order valence-electron chi connectivity index (χ4n) is 2.83. The Kier molecular flexibility index (Phi) is 4.75. The molecule has 0 heterocycles. The van der Waals surface area contributed by atoms with E-state index in [-0.39, 0.29) is 11.6 Å². The van der Waals surface area contributed by atoms with Crippen LogP contribution in [0.5, 0.6) is 0 Å². The van der Waals surface area contributed by atoms with Crippen molar-refractivity contribution < 1.29 is 18.0 Å². The van der Waals surface area contributed by atoms with Crippen LogP contribution in [0.1, 0.15) is 42.5 Å². The molecule has 2 rings (SSSR count). The number of hydrogen-bond donors (Lipinski definition) is 1. The minimum Gasteiger partial charge on any atom is -0.371 e. The number of rotatable bonds is 3. The van der Waals surface area contributed by atoms with Gasteiger partial charge in [0.2, 0.25) is 0 Å². The lowest BCUT2D eigenvalue weighted by molar-refractivity contribution is -0.146. The molecule has 1 aromatic rings. The number of benzene rings is 1. The molecule has 1 fully saturated rings. The van der Waals surface area contributed by atoms with Crippen LogP contribution in [0, 0.1) is 0 Å². The molecule has 21 heavy (non-hydrogen) atoms. The smallest absolute Gasteiger partial charge is 0.371 e. The monoisotopic (exact) mass is 300 g/mol. The van der Waals surface area contributed by atoms with Crippen LogP contribution in [0.2, 0.25) is 0 Å².